The molecule has 2 heterocycles. The zero-order chi connectivity index (χ0) is 15.3. The number of ether oxygens (including phenoxy) is 1. The molecule has 1 aromatic heterocycles. The van der Waals surface area contributed by atoms with E-state index >= 15 is 0 Å². The van der Waals surface area contributed by atoms with Crippen LogP contribution >= 0.6 is 22.9 Å². The third-order valence-corrected chi connectivity index (χ3v) is 4.69. The summed E-state index contributed by atoms with van der Waals surface area (Å²) < 4.78 is 5.86. The standard InChI is InChI=1S/C13H17ClN2O4S/c14-10-2-1-9(21-10)3-6-15-12(19)16-13(11(17)18)4-7-20-8-5-13/h1-2H,3-8H2,(H,17,18)(H2,15,16,19). The fourth-order valence-electron chi connectivity index (χ4n) is 2.16. The van der Waals surface area contributed by atoms with E-state index in [4.69, 9.17) is 16.3 Å². The van der Waals surface area contributed by atoms with Crippen molar-refractivity contribution in [2.24, 2.45) is 0 Å². The number of carboxylic acids is 1. The summed E-state index contributed by atoms with van der Waals surface area (Å²) in [6.45, 7) is 1.09. The first-order valence-corrected chi connectivity index (χ1v) is 7.83. The molecule has 1 aromatic rings. The van der Waals surface area contributed by atoms with Crippen molar-refractivity contribution in [1.29, 1.82) is 0 Å². The third-order valence-electron chi connectivity index (χ3n) is 3.39. The number of urea groups is 1. The van der Waals surface area contributed by atoms with Crippen LogP contribution in [-0.4, -0.2) is 42.4 Å². The molecule has 8 heteroatoms. The van der Waals surface area contributed by atoms with Gasteiger partial charge in [-0.3, -0.25) is 0 Å². The van der Waals surface area contributed by atoms with E-state index in [1.807, 2.05) is 12.1 Å². The smallest absolute Gasteiger partial charge is 0.329 e. The fraction of sp³-hybridized carbons (Fsp3) is 0.538. The molecule has 0 unspecified atom stereocenters. The van der Waals surface area contributed by atoms with Crippen molar-refractivity contribution in [3.05, 3.63) is 21.3 Å². The van der Waals surface area contributed by atoms with Crippen LogP contribution < -0.4 is 10.6 Å². The zero-order valence-corrected chi connectivity index (χ0v) is 12.9. The normalized spacial score (nSPS) is 17.2. The van der Waals surface area contributed by atoms with Gasteiger partial charge in [0.25, 0.3) is 0 Å². The molecular formula is C13H17ClN2O4S. The van der Waals surface area contributed by atoms with Crippen LogP contribution in [0.1, 0.15) is 17.7 Å². The first-order valence-electron chi connectivity index (χ1n) is 6.63. The van der Waals surface area contributed by atoms with Crippen molar-refractivity contribution in [1.82, 2.24) is 10.6 Å². The van der Waals surface area contributed by atoms with Crippen LogP contribution in [0.3, 0.4) is 0 Å². The number of nitrogens with one attached hydrogen (secondary N) is 2. The van der Waals surface area contributed by atoms with Gasteiger partial charge in [-0.2, -0.15) is 0 Å². The van der Waals surface area contributed by atoms with Crippen LogP contribution in [0.5, 0.6) is 0 Å². The van der Waals surface area contributed by atoms with Crippen LogP contribution in [0.2, 0.25) is 4.34 Å². The maximum absolute atomic E-state index is 11.9. The van der Waals surface area contributed by atoms with Gasteiger partial charge in [0.2, 0.25) is 0 Å². The first kappa shape index (κ1) is 16.1. The van der Waals surface area contributed by atoms with E-state index in [2.05, 4.69) is 10.6 Å². The minimum Gasteiger partial charge on any atom is -0.480 e. The van der Waals surface area contributed by atoms with Crippen LogP contribution in [0, 0.1) is 0 Å². The van der Waals surface area contributed by atoms with Gasteiger partial charge in [-0.25, -0.2) is 9.59 Å². The molecule has 0 spiro atoms. The average Bonchev–Trinajstić information content (AvgIpc) is 2.85. The molecule has 1 aliphatic heterocycles. The average molecular weight is 333 g/mol. The van der Waals surface area contributed by atoms with Gasteiger partial charge in [0.05, 0.1) is 4.34 Å². The molecule has 0 radical (unpaired) electrons. The Hall–Kier alpha value is -1.31. The minimum atomic E-state index is -1.23. The number of thiophene rings is 1. The van der Waals surface area contributed by atoms with E-state index < -0.39 is 17.5 Å². The van der Waals surface area contributed by atoms with Crippen LogP contribution in [0.4, 0.5) is 4.79 Å². The van der Waals surface area contributed by atoms with Crippen LogP contribution in [0.15, 0.2) is 12.1 Å². The second kappa shape index (κ2) is 7.11. The van der Waals surface area contributed by atoms with Gasteiger partial charge < -0.3 is 20.5 Å². The maximum atomic E-state index is 11.9. The number of carboxylic acid groups (broad SMARTS) is 1. The Kier molecular flexibility index (Phi) is 5.44. The molecule has 2 rings (SSSR count). The molecule has 0 atom stereocenters. The molecule has 0 saturated carbocycles. The molecule has 0 bridgehead atoms. The molecule has 1 fully saturated rings. The Bertz CT molecular complexity index is 514. The van der Waals surface area contributed by atoms with E-state index in [1.54, 1.807) is 0 Å². The number of carbonyl (C=O) groups excluding carboxylic acids is 1. The minimum absolute atomic E-state index is 0.274. The largest absolute Gasteiger partial charge is 0.480 e. The highest BCUT2D eigenvalue weighted by atomic mass is 35.5. The van der Waals surface area contributed by atoms with Gasteiger partial charge in [-0.05, 0) is 18.6 Å². The Balaban J connectivity index is 1.81. The van der Waals surface area contributed by atoms with Crippen LogP contribution in [-0.2, 0) is 16.0 Å². The Morgan fingerprint density at radius 1 is 1.38 bits per heavy atom. The van der Waals surface area contributed by atoms with Gasteiger partial charge in [-0.15, -0.1) is 11.3 Å². The number of rotatable bonds is 5. The monoisotopic (exact) mass is 332 g/mol. The predicted molar refractivity (Wildman–Crippen MR) is 80.0 cm³/mol. The molecule has 3 N–H and O–H groups in total. The summed E-state index contributed by atoms with van der Waals surface area (Å²) in [5.41, 5.74) is -1.23. The summed E-state index contributed by atoms with van der Waals surface area (Å²) in [6.07, 6.45) is 1.21. The predicted octanol–water partition coefficient (Wildman–Crippen LogP) is 1.88. The second-order valence-corrected chi connectivity index (χ2v) is 6.64. The lowest BCUT2D eigenvalue weighted by Gasteiger charge is -2.33. The quantitative estimate of drug-likeness (QED) is 0.768. The second-order valence-electron chi connectivity index (χ2n) is 4.84. The van der Waals surface area contributed by atoms with Crippen molar-refractivity contribution in [2.45, 2.75) is 24.8 Å². The SMILES string of the molecule is O=C(NCCc1ccc(Cl)s1)NC1(C(=O)O)CCOCC1. The summed E-state index contributed by atoms with van der Waals surface area (Å²) in [4.78, 5) is 24.3. The molecule has 21 heavy (non-hydrogen) atoms. The topological polar surface area (TPSA) is 87.7 Å². The lowest BCUT2D eigenvalue weighted by molar-refractivity contribution is -0.148. The summed E-state index contributed by atoms with van der Waals surface area (Å²) >= 11 is 7.29. The highest BCUT2D eigenvalue weighted by molar-refractivity contribution is 7.16. The summed E-state index contributed by atoms with van der Waals surface area (Å²) in [7, 11) is 0. The Morgan fingerprint density at radius 2 is 2.10 bits per heavy atom. The maximum Gasteiger partial charge on any atom is 0.329 e. The van der Waals surface area contributed by atoms with Gasteiger partial charge in [0, 0.05) is 37.5 Å². The molecule has 0 aromatic carbocycles. The van der Waals surface area contributed by atoms with E-state index in [1.165, 1.54) is 11.3 Å². The summed E-state index contributed by atoms with van der Waals surface area (Å²) in [5, 5.41) is 14.6. The number of carbonyl (C=O) groups is 2. The van der Waals surface area contributed by atoms with Gasteiger partial charge in [0.1, 0.15) is 5.54 Å². The fourth-order valence-corrected chi connectivity index (χ4v) is 3.25. The van der Waals surface area contributed by atoms with Crippen molar-refractivity contribution >= 4 is 34.9 Å². The van der Waals surface area contributed by atoms with Crippen LogP contribution in [0.25, 0.3) is 0 Å². The molecule has 1 saturated heterocycles. The van der Waals surface area contributed by atoms with Gasteiger partial charge >= 0.3 is 12.0 Å². The third kappa shape index (κ3) is 4.33. The Labute approximate surface area is 131 Å². The lowest BCUT2D eigenvalue weighted by Crippen LogP contribution is -2.59. The lowest BCUT2D eigenvalue weighted by atomic mass is 9.90. The zero-order valence-electron chi connectivity index (χ0n) is 11.4. The Morgan fingerprint density at radius 3 is 2.67 bits per heavy atom. The molecule has 6 nitrogen and oxygen atoms in total. The molecule has 2 amide bonds. The van der Waals surface area contributed by atoms with Crippen molar-refractivity contribution in [3.63, 3.8) is 0 Å². The molecule has 116 valence electrons. The number of amides is 2. The van der Waals surface area contributed by atoms with Crippen molar-refractivity contribution < 1.29 is 19.4 Å². The molecule has 0 aliphatic carbocycles. The van der Waals surface area contributed by atoms with E-state index in [9.17, 15) is 14.7 Å². The highest BCUT2D eigenvalue weighted by Gasteiger charge is 2.41. The van der Waals surface area contributed by atoms with E-state index in [0.717, 1.165) is 4.88 Å². The number of aliphatic carboxylic acids is 1. The van der Waals surface area contributed by atoms with Crippen molar-refractivity contribution in [3.8, 4) is 0 Å². The molecular weight excluding hydrogens is 316 g/mol. The summed E-state index contributed by atoms with van der Waals surface area (Å²) in [6, 6.07) is 3.24. The van der Waals surface area contributed by atoms with E-state index in [-0.39, 0.29) is 12.8 Å². The highest BCUT2D eigenvalue weighted by Crippen LogP contribution is 2.22. The number of hydrogen-bond donors (Lipinski definition) is 3. The molecule has 1 aliphatic rings. The van der Waals surface area contributed by atoms with E-state index in [0.29, 0.717) is 30.5 Å². The van der Waals surface area contributed by atoms with Crippen molar-refractivity contribution in [2.75, 3.05) is 19.8 Å². The van der Waals surface area contributed by atoms with Gasteiger partial charge in [-0.1, -0.05) is 11.6 Å². The first-order chi connectivity index (χ1) is 10.0. The number of hydrogen-bond acceptors (Lipinski definition) is 4. The number of halogens is 1. The van der Waals surface area contributed by atoms with Gasteiger partial charge in [0.15, 0.2) is 0 Å². The summed E-state index contributed by atoms with van der Waals surface area (Å²) in [5.74, 6) is -1.02.